The Morgan fingerprint density at radius 2 is 2.04 bits per heavy atom. The van der Waals surface area contributed by atoms with Crippen LogP contribution in [0.2, 0.25) is 0 Å². The van der Waals surface area contributed by atoms with Crippen LogP contribution in [-0.2, 0) is 11.0 Å². The minimum absolute atomic E-state index is 0.0378. The molecule has 0 aliphatic carbocycles. The minimum Gasteiger partial charge on any atom is -0.365 e. The second-order valence-corrected chi connectivity index (χ2v) is 7.62. The molecule has 3 aliphatic rings. The van der Waals surface area contributed by atoms with Crippen molar-refractivity contribution < 1.29 is 18.0 Å². The summed E-state index contributed by atoms with van der Waals surface area (Å²) in [5.41, 5.74) is -0.751. The summed E-state index contributed by atoms with van der Waals surface area (Å²) in [5, 5.41) is 14.5. The molecule has 1 aromatic carbocycles. The van der Waals surface area contributed by atoms with Gasteiger partial charge in [0.2, 0.25) is 0 Å². The number of allylic oxidation sites excluding steroid dienone is 2. The second kappa shape index (κ2) is 6.93. The van der Waals surface area contributed by atoms with E-state index in [0.29, 0.717) is 0 Å². The zero-order valence-electron chi connectivity index (χ0n) is 14.6. The fourth-order valence-electron chi connectivity index (χ4n) is 3.01. The summed E-state index contributed by atoms with van der Waals surface area (Å²) in [7, 11) is 0. The van der Waals surface area contributed by atoms with Gasteiger partial charge in [0.25, 0.3) is 5.91 Å². The lowest BCUT2D eigenvalue weighted by atomic mass is 10.0. The first-order valence-electron chi connectivity index (χ1n) is 8.42. The van der Waals surface area contributed by atoms with Crippen LogP contribution in [0, 0.1) is 0 Å². The van der Waals surface area contributed by atoms with Gasteiger partial charge in [-0.1, -0.05) is 30.0 Å². The number of benzene rings is 1. The van der Waals surface area contributed by atoms with E-state index < -0.39 is 17.9 Å². The number of nitrogens with one attached hydrogen (secondary N) is 3. The van der Waals surface area contributed by atoms with Crippen LogP contribution in [0.25, 0.3) is 0 Å². The minimum atomic E-state index is -4.50. The molecule has 0 fully saturated rings. The molecule has 0 aromatic heterocycles. The molecule has 4 rings (SSSR count). The average molecular weight is 407 g/mol. The molecule has 3 heterocycles. The molecule has 1 aromatic rings. The summed E-state index contributed by atoms with van der Waals surface area (Å²) in [6, 6.07) is 5.24. The molecule has 28 heavy (non-hydrogen) atoms. The highest BCUT2D eigenvalue weighted by Crippen LogP contribution is 2.33. The third-order valence-corrected chi connectivity index (χ3v) is 5.28. The third kappa shape index (κ3) is 3.47. The van der Waals surface area contributed by atoms with E-state index in [9.17, 15) is 18.0 Å². The van der Waals surface area contributed by atoms with Gasteiger partial charge in [0.1, 0.15) is 11.9 Å². The molecule has 0 saturated heterocycles. The predicted molar refractivity (Wildman–Crippen MR) is 100 cm³/mol. The predicted octanol–water partition coefficient (Wildman–Crippen LogP) is 2.65. The van der Waals surface area contributed by atoms with Crippen LogP contribution in [0.5, 0.6) is 0 Å². The van der Waals surface area contributed by atoms with Gasteiger partial charge in [-0.25, -0.2) is 5.01 Å². The fraction of sp³-hybridized carbons (Fsp3) is 0.222. The van der Waals surface area contributed by atoms with Gasteiger partial charge in [-0.3, -0.25) is 4.79 Å². The van der Waals surface area contributed by atoms with Gasteiger partial charge >= 0.3 is 6.18 Å². The van der Waals surface area contributed by atoms with Crippen molar-refractivity contribution in [1.29, 1.82) is 0 Å². The normalized spacial score (nSPS) is 23.3. The van der Waals surface area contributed by atoms with E-state index in [0.717, 1.165) is 11.0 Å². The lowest BCUT2D eigenvalue weighted by Gasteiger charge is -2.26. The van der Waals surface area contributed by atoms with Crippen LogP contribution in [0.3, 0.4) is 0 Å². The van der Waals surface area contributed by atoms with Gasteiger partial charge in [0.15, 0.2) is 5.50 Å². The Labute approximate surface area is 163 Å². The van der Waals surface area contributed by atoms with Crippen molar-refractivity contribution in [3.63, 3.8) is 0 Å². The van der Waals surface area contributed by atoms with Crippen LogP contribution < -0.4 is 16.0 Å². The van der Waals surface area contributed by atoms with E-state index in [1.54, 1.807) is 12.3 Å². The van der Waals surface area contributed by atoms with Crippen molar-refractivity contribution in [2.24, 2.45) is 5.10 Å². The number of halogens is 3. The van der Waals surface area contributed by atoms with E-state index in [1.165, 1.54) is 47.2 Å². The maximum atomic E-state index is 13.3. The molecular weight excluding hydrogens is 391 g/mol. The van der Waals surface area contributed by atoms with Crippen molar-refractivity contribution in [3.05, 3.63) is 70.5 Å². The first kappa shape index (κ1) is 18.5. The average Bonchev–Trinajstić information content (AvgIpc) is 3.26. The van der Waals surface area contributed by atoms with Crippen molar-refractivity contribution in [2.45, 2.75) is 24.8 Å². The van der Waals surface area contributed by atoms with Crippen molar-refractivity contribution in [2.75, 3.05) is 0 Å². The number of amides is 1. The number of thioether (sulfide) groups is 1. The number of nitrogens with zero attached hydrogens (tertiary/aromatic N) is 2. The van der Waals surface area contributed by atoms with Gasteiger partial charge in [-0.05, 0) is 25.1 Å². The highest BCUT2D eigenvalue weighted by Gasteiger charge is 2.36. The molecule has 2 unspecified atom stereocenters. The zero-order chi connectivity index (χ0) is 19.9. The molecule has 0 bridgehead atoms. The lowest BCUT2D eigenvalue weighted by Crippen LogP contribution is -2.43. The smallest absolute Gasteiger partial charge is 0.365 e. The number of rotatable bonds is 3. The molecule has 3 N–H and O–H groups in total. The van der Waals surface area contributed by atoms with E-state index in [1.807, 2.05) is 6.92 Å². The Morgan fingerprint density at radius 1 is 1.25 bits per heavy atom. The molecular formula is C18H16F3N5OS. The Hall–Kier alpha value is -2.88. The highest BCUT2D eigenvalue weighted by atomic mass is 32.2. The molecule has 0 radical (unpaired) electrons. The molecule has 3 aliphatic heterocycles. The molecule has 0 spiro atoms. The number of hydrogen-bond acceptors (Lipinski definition) is 6. The monoisotopic (exact) mass is 407 g/mol. The van der Waals surface area contributed by atoms with Crippen LogP contribution in [0.1, 0.15) is 18.1 Å². The first-order chi connectivity index (χ1) is 13.3. The summed E-state index contributed by atoms with van der Waals surface area (Å²) < 4.78 is 40.0. The number of carbonyl (C=O) groups excluding carboxylic acids is 1. The Kier molecular flexibility index (Phi) is 4.58. The molecule has 2 atom stereocenters. The lowest BCUT2D eigenvalue weighted by molar-refractivity contribution is -0.137. The molecule has 10 heteroatoms. The van der Waals surface area contributed by atoms with Crippen molar-refractivity contribution in [3.8, 4) is 0 Å². The largest absolute Gasteiger partial charge is 0.417 e. The van der Waals surface area contributed by atoms with Gasteiger partial charge in [0.05, 0.1) is 11.3 Å². The number of hydrogen-bond donors (Lipinski definition) is 3. The standard InChI is InChI=1S/C18H16F3N5OS/c1-10-8-23-17(28-10)24-16(27)14-9-22-15-7-6-13(25-26(14)15)11-4-2-3-5-12(11)18(19,20)21/h2-9,15,17,22-23H,1H3,(H,24,27). The Morgan fingerprint density at radius 3 is 2.75 bits per heavy atom. The van der Waals surface area contributed by atoms with E-state index in [2.05, 4.69) is 21.1 Å². The summed E-state index contributed by atoms with van der Waals surface area (Å²) in [5.74, 6) is -0.384. The quantitative estimate of drug-likeness (QED) is 0.719. The summed E-state index contributed by atoms with van der Waals surface area (Å²) in [6.07, 6.45) is 1.57. The van der Waals surface area contributed by atoms with Crippen LogP contribution in [0.4, 0.5) is 13.2 Å². The van der Waals surface area contributed by atoms with Gasteiger partial charge in [-0.2, -0.15) is 18.3 Å². The van der Waals surface area contributed by atoms with Crippen molar-refractivity contribution >= 4 is 23.4 Å². The number of carbonyl (C=O) groups is 1. The van der Waals surface area contributed by atoms with E-state index >= 15 is 0 Å². The maximum Gasteiger partial charge on any atom is 0.417 e. The number of alkyl halides is 3. The molecule has 146 valence electrons. The fourth-order valence-corrected chi connectivity index (χ4v) is 3.82. The Bertz CT molecular complexity index is 937. The van der Waals surface area contributed by atoms with Crippen molar-refractivity contribution in [1.82, 2.24) is 21.0 Å². The molecule has 6 nitrogen and oxygen atoms in total. The topological polar surface area (TPSA) is 68.8 Å². The van der Waals surface area contributed by atoms with Crippen LogP contribution in [0.15, 0.2) is 64.5 Å². The van der Waals surface area contributed by atoms with Gasteiger partial charge in [0, 0.05) is 22.9 Å². The zero-order valence-corrected chi connectivity index (χ0v) is 15.4. The van der Waals surface area contributed by atoms with Gasteiger partial charge in [-0.15, -0.1) is 0 Å². The van der Waals surface area contributed by atoms with Crippen LogP contribution >= 0.6 is 11.8 Å². The molecule has 0 saturated carbocycles. The summed E-state index contributed by atoms with van der Waals surface area (Å²) >= 11 is 1.46. The van der Waals surface area contributed by atoms with E-state index in [-0.39, 0.29) is 28.4 Å². The van der Waals surface area contributed by atoms with Gasteiger partial charge < -0.3 is 16.0 Å². The summed E-state index contributed by atoms with van der Waals surface area (Å²) in [4.78, 5) is 13.7. The third-order valence-electron chi connectivity index (χ3n) is 4.30. The SMILES string of the molecule is CC1=CNC(NC(=O)C2=CNC3C=CC(c4ccccc4C(F)(F)F)=NN23)S1. The van der Waals surface area contributed by atoms with E-state index in [4.69, 9.17) is 0 Å². The number of hydrazone groups is 1. The highest BCUT2D eigenvalue weighted by molar-refractivity contribution is 8.03. The first-order valence-corrected chi connectivity index (χ1v) is 9.30. The molecule has 1 amide bonds. The maximum absolute atomic E-state index is 13.3. The Balaban J connectivity index is 1.58. The number of fused-ring (bicyclic) bond motifs is 1. The summed E-state index contributed by atoms with van der Waals surface area (Å²) in [6.45, 7) is 1.92. The second-order valence-electron chi connectivity index (χ2n) is 6.27. The van der Waals surface area contributed by atoms with Crippen LogP contribution in [-0.4, -0.2) is 28.3 Å².